The number of rotatable bonds is 5. The Kier molecular flexibility index (Phi) is 3.59. The smallest absolute Gasteiger partial charge is 0.160 e. The fourth-order valence-corrected chi connectivity index (χ4v) is 2.05. The maximum atomic E-state index is 4.25. The van der Waals surface area contributed by atoms with Gasteiger partial charge in [-0.15, -0.1) is 10.2 Å². The first kappa shape index (κ1) is 13.2. The van der Waals surface area contributed by atoms with E-state index in [9.17, 15) is 0 Å². The molecular weight excluding hydrogens is 268 g/mol. The van der Waals surface area contributed by atoms with Crippen LogP contribution in [-0.2, 0) is 13.6 Å². The van der Waals surface area contributed by atoms with E-state index in [0.717, 1.165) is 17.3 Å². The van der Waals surface area contributed by atoms with Gasteiger partial charge in [-0.3, -0.25) is 4.68 Å². The molecule has 3 aromatic rings. The minimum atomic E-state index is 0.167. The molecule has 3 rings (SSSR count). The molecule has 0 radical (unpaired) electrons. The van der Waals surface area contributed by atoms with E-state index in [-0.39, 0.29) is 6.04 Å². The third-order valence-electron chi connectivity index (χ3n) is 3.04. The molecule has 0 saturated carbocycles. The summed E-state index contributed by atoms with van der Waals surface area (Å²) in [5.74, 6) is 1.52. The summed E-state index contributed by atoms with van der Waals surface area (Å²) < 4.78 is 3.68. The second kappa shape index (κ2) is 5.70. The summed E-state index contributed by atoms with van der Waals surface area (Å²) in [7, 11) is 1.93. The van der Waals surface area contributed by atoms with Crippen LogP contribution in [0, 0.1) is 0 Å². The molecule has 1 N–H and O–H groups in total. The first-order valence-electron chi connectivity index (χ1n) is 6.63. The average molecular weight is 284 g/mol. The Labute approximate surface area is 121 Å². The molecule has 1 atom stereocenters. The van der Waals surface area contributed by atoms with Gasteiger partial charge < -0.3 is 9.88 Å². The van der Waals surface area contributed by atoms with Crippen molar-refractivity contribution in [2.24, 2.45) is 7.05 Å². The normalized spacial score (nSPS) is 12.3. The standard InChI is InChI=1S/C13H16N8/c1-10(7-21-9-14-8-16-21)17-12-4-3-11(18-19-12)13-15-5-6-20(13)2/h3-6,8-10H,7H2,1-2H3,(H,17,19)/t10-/m0/s1. The van der Waals surface area contributed by atoms with Crippen LogP contribution in [0.1, 0.15) is 6.92 Å². The Morgan fingerprint density at radius 1 is 1.29 bits per heavy atom. The quantitative estimate of drug-likeness (QED) is 0.751. The highest BCUT2D eigenvalue weighted by molar-refractivity contribution is 5.51. The van der Waals surface area contributed by atoms with Crippen LogP contribution >= 0.6 is 0 Å². The van der Waals surface area contributed by atoms with E-state index in [0.29, 0.717) is 6.54 Å². The van der Waals surface area contributed by atoms with Crippen molar-refractivity contribution in [3.8, 4) is 11.5 Å². The highest BCUT2D eigenvalue weighted by Gasteiger charge is 2.08. The fraction of sp³-hybridized carbons (Fsp3) is 0.308. The molecule has 0 saturated heterocycles. The van der Waals surface area contributed by atoms with Gasteiger partial charge >= 0.3 is 0 Å². The van der Waals surface area contributed by atoms with Crippen molar-refractivity contribution in [1.82, 2.24) is 34.5 Å². The summed E-state index contributed by atoms with van der Waals surface area (Å²) in [6.07, 6.45) is 6.83. The van der Waals surface area contributed by atoms with E-state index >= 15 is 0 Å². The summed E-state index contributed by atoms with van der Waals surface area (Å²) in [6.45, 7) is 2.76. The van der Waals surface area contributed by atoms with Gasteiger partial charge in [0.15, 0.2) is 5.82 Å². The van der Waals surface area contributed by atoms with E-state index in [1.807, 2.05) is 29.9 Å². The summed E-state index contributed by atoms with van der Waals surface area (Å²) >= 11 is 0. The summed E-state index contributed by atoms with van der Waals surface area (Å²) in [5, 5.41) is 15.7. The zero-order chi connectivity index (χ0) is 14.7. The van der Waals surface area contributed by atoms with Crippen molar-refractivity contribution in [1.29, 1.82) is 0 Å². The highest BCUT2D eigenvalue weighted by atomic mass is 15.3. The van der Waals surface area contributed by atoms with Crippen LogP contribution in [0.15, 0.2) is 37.2 Å². The highest BCUT2D eigenvalue weighted by Crippen LogP contribution is 2.14. The Balaban J connectivity index is 1.66. The van der Waals surface area contributed by atoms with Gasteiger partial charge in [0, 0.05) is 25.5 Å². The average Bonchev–Trinajstić information content (AvgIpc) is 3.11. The SMILES string of the molecule is C[C@@H](Cn1cncn1)Nc1ccc(-c2nccn2C)nn1. The van der Waals surface area contributed by atoms with Crippen LogP contribution < -0.4 is 5.32 Å². The fourth-order valence-electron chi connectivity index (χ4n) is 2.05. The van der Waals surface area contributed by atoms with Crippen LogP contribution in [0.4, 0.5) is 5.82 Å². The van der Waals surface area contributed by atoms with Crippen LogP contribution in [0.2, 0.25) is 0 Å². The van der Waals surface area contributed by atoms with E-state index in [2.05, 4.69) is 37.5 Å². The van der Waals surface area contributed by atoms with Crippen molar-refractivity contribution >= 4 is 5.82 Å². The zero-order valence-electron chi connectivity index (χ0n) is 11.9. The second-order valence-corrected chi connectivity index (χ2v) is 4.83. The Morgan fingerprint density at radius 2 is 2.19 bits per heavy atom. The molecule has 0 aromatic carbocycles. The zero-order valence-corrected chi connectivity index (χ0v) is 11.9. The molecule has 3 aromatic heterocycles. The first-order chi connectivity index (χ1) is 10.2. The van der Waals surface area contributed by atoms with Crippen molar-refractivity contribution < 1.29 is 0 Å². The molecule has 0 aliphatic heterocycles. The van der Waals surface area contributed by atoms with Gasteiger partial charge in [-0.05, 0) is 19.1 Å². The van der Waals surface area contributed by atoms with Crippen molar-refractivity contribution in [2.75, 3.05) is 5.32 Å². The molecule has 0 fully saturated rings. The van der Waals surface area contributed by atoms with Crippen LogP contribution in [0.3, 0.4) is 0 Å². The molecule has 8 nitrogen and oxygen atoms in total. The second-order valence-electron chi connectivity index (χ2n) is 4.83. The minimum Gasteiger partial charge on any atom is -0.364 e. The number of nitrogens with zero attached hydrogens (tertiary/aromatic N) is 7. The van der Waals surface area contributed by atoms with Crippen molar-refractivity contribution in [3.05, 3.63) is 37.2 Å². The number of nitrogens with one attached hydrogen (secondary N) is 1. The topological polar surface area (TPSA) is 86.3 Å². The third kappa shape index (κ3) is 3.04. The molecule has 3 heterocycles. The Bertz CT molecular complexity index is 685. The van der Waals surface area contributed by atoms with E-state index in [1.54, 1.807) is 17.2 Å². The summed E-state index contributed by atoms with van der Waals surface area (Å²) in [4.78, 5) is 8.17. The van der Waals surface area contributed by atoms with Gasteiger partial charge in [0.2, 0.25) is 0 Å². The molecule has 8 heteroatoms. The number of hydrogen-bond acceptors (Lipinski definition) is 6. The van der Waals surface area contributed by atoms with Crippen molar-refractivity contribution in [3.63, 3.8) is 0 Å². The third-order valence-corrected chi connectivity index (χ3v) is 3.04. The summed E-state index contributed by atoms with van der Waals surface area (Å²) in [5.41, 5.74) is 0.747. The monoisotopic (exact) mass is 284 g/mol. The Hall–Kier alpha value is -2.77. The number of hydrogen-bond donors (Lipinski definition) is 1. The van der Waals surface area contributed by atoms with Gasteiger partial charge in [0.05, 0.1) is 6.54 Å². The van der Waals surface area contributed by atoms with Gasteiger partial charge in [0.25, 0.3) is 0 Å². The molecule has 0 amide bonds. The van der Waals surface area contributed by atoms with Crippen LogP contribution in [-0.4, -0.2) is 40.6 Å². The predicted octanol–water partition coefficient (Wildman–Crippen LogP) is 0.969. The molecular formula is C13H16N8. The molecule has 0 aliphatic rings. The minimum absolute atomic E-state index is 0.167. The van der Waals surface area contributed by atoms with Gasteiger partial charge in [-0.25, -0.2) is 9.97 Å². The lowest BCUT2D eigenvalue weighted by atomic mass is 10.3. The Morgan fingerprint density at radius 3 is 2.81 bits per heavy atom. The molecule has 108 valence electrons. The van der Waals surface area contributed by atoms with E-state index in [4.69, 9.17) is 0 Å². The summed E-state index contributed by atoms with van der Waals surface area (Å²) in [6, 6.07) is 3.97. The maximum Gasteiger partial charge on any atom is 0.160 e. The van der Waals surface area contributed by atoms with Crippen LogP contribution in [0.5, 0.6) is 0 Å². The predicted molar refractivity (Wildman–Crippen MR) is 77.3 cm³/mol. The van der Waals surface area contributed by atoms with E-state index in [1.165, 1.54) is 6.33 Å². The molecule has 21 heavy (non-hydrogen) atoms. The number of aryl methyl sites for hydroxylation is 1. The lowest BCUT2D eigenvalue weighted by Gasteiger charge is -2.13. The van der Waals surface area contributed by atoms with Crippen LogP contribution in [0.25, 0.3) is 11.5 Å². The molecule has 0 aliphatic carbocycles. The number of aromatic nitrogens is 7. The maximum absolute atomic E-state index is 4.25. The molecule has 0 unspecified atom stereocenters. The van der Waals surface area contributed by atoms with Crippen molar-refractivity contribution in [2.45, 2.75) is 19.5 Å². The number of imidazole rings is 1. The first-order valence-corrected chi connectivity index (χ1v) is 6.63. The van der Waals surface area contributed by atoms with E-state index < -0.39 is 0 Å². The largest absolute Gasteiger partial charge is 0.364 e. The van der Waals surface area contributed by atoms with Gasteiger partial charge in [-0.2, -0.15) is 5.10 Å². The lowest BCUT2D eigenvalue weighted by molar-refractivity contribution is 0.558. The van der Waals surface area contributed by atoms with Gasteiger partial charge in [-0.1, -0.05) is 0 Å². The molecule has 0 bridgehead atoms. The number of anilines is 1. The lowest BCUT2D eigenvalue weighted by Crippen LogP contribution is -2.23. The van der Waals surface area contributed by atoms with Gasteiger partial charge in [0.1, 0.15) is 24.2 Å². The molecule has 0 spiro atoms.